The maximum absolute atomic E-state index is 12.0. The number of carbonyl (C=O) groups excluding carboxylic acids is 1. The molecule has 0 unspecified atom stereocenters. The largest absolute Gasteiger partial charge is 0.455 e. The lowest BCUT2D eigenvalue weighted by Gasteiger charge is -2.03. The number of benzene rings is 1. The van der Waals surface area contributed by atoms with Gasteiger partial charge in [0.2, 0.25) is 0 Å². The van der Waals surface area contributed by atoms with Gasteiger partial charge in [0.05, 0.1) is 11.3 Å². The Hall–Kier alpha value is -1.95. The highest BCUT2D eigenvalue weighted by Crippen LogP contribution is 2.25. The van der Waals surface area contributed by atoms with Gasteiger partial charge in [-0.25, -0.2) is 14.8 Å². The van der Waals surface area contributed by atoms with Crippen LogP contribution in [0.25, 0.3) is 10.6 Å². The van der Waals surface area contributed by atoms with Gasteiger partial charge < -0.3 is 4.74 Å². The zero-order chi connectivity index (χ0) is 16.2. The van der Waals surface area contributed by atoms with Crippen LogP contribution in [0.1, 0.15) is 16.1 Å². The first-order chi connectivity index (χ1) is 11.1. The molecule has 4 nitrogen and oxygen atoms in total. The van der Waals surface area contributed by atoms with Crippen LogP contribution in [-0.4, -0.2) is 15.9 Å². The minimum absolute atomic E-state index is 0.0775. The highest BCUT2D eigenvalue weighted by Gasteiger charge is 2.13. The molecule has 0 radical (unpaired) electrons. The number of ether oxygens (including phenoxy) is 1. The molecule has 2 aromatic heterocycles. The van der Waals surface area contributed by atoms with Crippen molar-refractivity contribution in [2.45, 2.75) is 6.61 Å². The van der Waals surface area contributed by atoms with Crippen LogP contribution in [0.4, 0.5) is 0 Å². The van der Waals surface area contributed by atoms with E-state index in [9.17, 15) is 4.79 Å². The van der Waals surface area contributed by atoms with Gasteiger partial charge >= 0.3 is 5.97 Å². The quantitative estimate of drug-likeness (QED) is 0.489. The molecule has 3 aromatic rings. The average Bonchev–Trinajstić information content (AvgIpc) is 3.03. The van der Waals surface area contributed by atoms with E-state index in [0.29, 0.717) is 10.7 Å². The van der Waals surface area contributed by atoms with Crippen LogP contribution in [-0.2, 0) is 11.3 Å². The number of thiazole rings is 1. The molecule has 1 aromatic carbocycles. The van der Waals surface area contributed by atoms with Crippen LogP contribution in [0.2, 0.25) is 10.2 Å². The Morgan fingerprint density at radius 3 is 2.70 bits per heavy atom. The monoisotopic (exact) mass is 364 g/mol. The third-order valence-corrected chi connectivity index (χ3v) is 4.47. The van der Waals surface area contributed by atoms with Crippen molar-refractivity contribution < 1.29 is 9.53 Å². The van der Waals surface area contributed by atoms with E-state index >= 15 is 0 Å². The van der Waals surface area contributed by atoms with Crippen molar-refractivity contribution in [1.82, 2.24) is 9.97 Å². The Labute approximate surface area is 146 Å². The van der Waals surface area contributed by atoms with Crippen LogP contribution in [0.3, 0.4) is 0 Å². The van der Waals surface area contributed by atoms with Crippen LogP contribution < -0.4 is 0 Å². The number of rotatable bonds is 4. The zero-order valence-electron chi connectivity index (χ0n) is 11.7. The van der Waals surface area contributed by atoms with Gasteiger partial charge in [-0.15, -0.1) is 11.3 Å². The summed E-state index contributed by atoms with van der Waals surface area (Å²) in [6, 6.07) is 10.6. The number of nitrogens with zero attached hydrogens (tertiary/aromatic N) is 2. The van der Waals surface area contributed by atoms with Crippen LogP contribution >= 0.6 is 34.5 Å². The van der Waals surface area contributed by atoms with Crippen LogP contribution in [0, 0.1) is 0 Å². The summed E-state index contributed by atoms with van der Waals surface area (Å²) in [6.07, 6.45) is 1.51. The molecule has 0 saturated heterocycles. The van der Waals surface area contributed by atoms with E-state index in [2.05, 4.69) is 9.97 Å². The molecule has 7 heteroatoms. The van der Waals surface area contributed by atoms with Gasteiger partial charge in [0.15, 0.2) is 0 Å². The maximum Gasteiger partial charge on any atom is 0.341 e. The number of hydrogen-bond acceptors (Lipinski definition) is 5. The molecule has 0 bridgehead atoms. The van der Waals surface area contributed by atoms with Gasteiger partial charge in [-0.05, 0) is 24.3 Å². The first-order valence-corrected chi connectivity index (χ1v) is 8.25. The normalized spacial score (nSPS) is 10.5. The lowest BCUT2D eigenvalue weighted by atomic mass is 10.2. The Morgan fingerprint density at radius 1 is 1.17 bits per heavy atom. The van der Waals surface area contributed by atoms with Gasteiger partial charge in [-0.1, -0.05) is 35.3 Å². The van der Waals surface area contributed by atoms with Crippen LogP contribution in [0.15, 0.2) is 48.0 Å². The van der Waals surface area contributed by atoms with Crippen molar-refractivity contribution in [3.8, 4) is 10.6 Å². The van der Waals surface area contributed by atoms with E-state index in [4.69, 9.17) is 27.9 Å². The predicted octanol–water partition coefficient (Wildman–Crippen LogP) is 4.87. The van der Waals surface area contributed by atoms with E-state index in [-0.39, 0.29) is 17.3 Å². The molecule has 0 aliphatic heterocycles. The lowest BCUT2D eigenvalue weighted by molar-refractivity contribution is 0.0468. The number of hydrogen-bond donors (Lipinski definition) is 0. The number of carbonyl (C=O) groups is 1. The third kappa shape index (κ3) is 3.88. The molecule has 23 heavy (non-hydrogen) atoms. The van der Waals surface area contributed by atoms with Crippen molar-refractivity contribution in [2.75, 3.05) is 0 Å². The van der Waals surface area contributed by atoms with Gasteiger partial charge in [-0.2, -0.15) is 0 Å². The minimum Gasteiger partial charge on any atom is -0.455 e. The highest BCUT2D eigenvalue weighted by molar-refractivity contribution is 7.13. The molecular weight excluding hydrogens is 355 g/mol. The fourth-order valence-electron chi connectivity index (χ4n) is 1.85. The molecule has 0 amide bonds. The summed E-state index contributed by atoms with van der Waals surface area (Å²) in [5.74, 6) is -0.524. The summed E-state index contributed by atoms with van der Waals surface area (Å²) >= 11 is 13.2. The fraction of sp³-hybridized carbons (Fsp3) is 0.0625. The van der Waals surface area contributed by atoms with Crippen molar-refractivity contribution in [1.29, 1.82) is 0 Å². The second kappa shape index (κ2) is 7.08. The lowest BCUT2D eigenvalue weighted by Crippen LogP contribution is -2.06. The predicted molar refractivity (Wildman–Crippen MR) is 90.9 cm³/mol. The smallest absolute Gasteiger partial charge is 0.341 e. The number of pyridine rings is 1. The maximum atomic E-state index is 12.0. The van der Waals surface area contributed by atoms with E-state index in [1.54, 1.807) is 12.1 Å². The van der Waals surface area contributed by atoms with Gasteiger partial charge in [-0.3, -0.25) is 0 Å². The molecule has 0 aliphatic rings. The standard InChI is InChI=1S/C16H10Cl2N2O2S/c17-11-5-3-10(4-6-11)15-20-12(9-23-15)8-22-16(21)13-2-1-7-19-14(13)18/h1-7,9H,8H2. The van der Waals surface area contributed by atoms with Crippen molar-refractivity contribution in [3.05, 3.63) is 69.4 Å². The molecule has 116 valence electrons. The fourth-order valence-corrected chi connectivity index (χ4v) is 2.99. The number of esters is 1. The minimum atomic E-state index is -0.524. The summed E-state index contributed by atoms with van der Waals surface area (Å²) in [7, 11) is 0. The third-order valence-electron chi connectivity index (χ3n) is 2.97. The van der Waals surface area contributed by atoms with Gasteiger partial charge in [0.1, 0.15) is 16.8 Å². The molecule has 2 heterocycles. The first-order valence-electron chi connectivity index (χ1n) is 6.61. The highest BCUT2D eigenvalue weighted by atomic mass is 35.5. The Morgan fingerprint density at radius 2 is 1.96 bits per heavy atom. The summed E-state index contributed by atoms with van der Waals surface area (Å²) in [5.41, 5.74) is 1.88. The summed E-state index contributed by atoms with van der Waals surface area (Å²) in [6.45, 7) is 0.0775. The molecule has 0 spiro atoms. The topological polar surface area (TPSA) is 52.1 Å². The zero-order valence-corrected chi connectivity index (χ0v) is 14.0. The molecule has 0 N–H and O–H groups in total. The summed E-state index contributed by atoms with van der Waals surface area (Å²) in [4.78, 5) is 20.3. The average molecular weight is 365 g/mol. The van der Waals surface area contributed by atoms with E-state index < -0.39 is 5.97 Å². The molecular formula is C16H10Cl2N2O2S. The Balaban J connectivity index is 1.67. The second-order valence-corrected chi connectivity index (χ2v) is 6.22. The first kappa shape index (κ1) is 15.9. The van der Waals surface area contributed by atoms with Crippen molar-refractivity contribution in [3.63, 3.8) is 0 Å². The Kier molecular flexibility index (Phi) is 4.91. The number of halogens is 2. The molecule has 3 rings (SSSR count). The van der Waals surface area contributed by atoms with Gasteiger partial charge in [0.25, 0.3) is 0 Å². The van der Waals surface area contributed by atoms with E-state index in [1.807, 2.05) is 29.6 Å². The van der Waals surface area contributed by atoms with Crippen molar-refractivity contribution in [2.24, 2.45) is 0 Å². The summed E-state index contributed by atoms with van der Waals surface area (Å²) in [5, 5.41) is 3.49. The number of aromatic nitrogens is 2. The molecule has 0 atom stereocenters. The van der Waals surface area contributed by atoms with Crippen LogP contribution in [0.5, 0.6) is 0 Å². The Bertz CT molecular complexity index is 834. The second-order valence-electron chi connectivity index (χ2n) is 4.57. The summed E-state index contributed by atoms with van der Waals surface area (Å²) < 4.78 is 5.22. The van der Waals surface area contributed by atoms with E-state index in [0.717, 1.165) is 10.6 Å². The molecule has 0 saturated carbocycles. The SMILES string of the molecule is O=C(OCc1csc(-c2ccc(Cl)cc2)n1)c1cccnc1Cl. The molecule has 0 aliphatic carbocycles. The van der Waals surface area contributed by atoms with E-state index in [1.165, 1.54) is 17.5 Å². The van der Waals surface area contributed by atoms with Crippen molar-refractivity contribution >= 4 is 40.5 Å². The molecule has 0 fully saturated rings. The van der Waals surface area contributed by atoms with Gasteiger partial charge in [0, 0.05) is 22.2 Å².